The van der Waals surface area contributed by atoms with Crippen LogP contribution >= 0.6 is 0 Å². The smallest absolute Gasteiger partial charge is 0.339 e. The summed E-state index contributed by atoms with van der Waals surface area (Å²) in [5.74, 6) is 0.0747. The van der Waals surface area contributed by atoms with E-state index < -0.39 is 5.97 Å². The van der Waals surface area contributed by atoms with E-state index in [2.05, 4.69) is 24.1 Å². The number of hydrogen-bond acceptors (Lipinski definition) is 3. The molecule has 0 amide bonds. The predicted octanol–water partition coefficient (Wildman–Crippen LogP) is 2.63. The lowest BCUT2D eigenvalue weighted by Crippen LogP contribution is -2.15. The van der Waals surface area contributed by atoms with Crippen molar-refractivity contribution in [2.24, 2.45) is 5.92 Å². The zero-order valence-corrected chi connectivity index (χ0v) is 9.73. The van der Waals surface area contributed by atoms with Crippen molar-refractivity contribution in [2.75, 3.05) is 11.9 Å². The second-order valence-corrected chi connectivity index (χ2v) is 3.77. The van der Waals surface area contributed by atoms with Gasteiger partial charge in [-0.3, -0.25) is 0 Å². The maximum Gasteiger partial charge on any atom is 0.339 e. The summed E-state index contributed by atoms with van der Waals surface area (Å²) in [5.41, 5.74) is 0.230. The van der Waals surface area contributed by atoms with E-state index in [1.807, 2.05) is 0 Å². The molecule has 0 radical (unpaired) electrons. The summed E-state index contributed by atoms with van der Waals surface area (Å²) in [6, 6.07) is 3.19. The van der Waals surface area contributed by atoms with Gasteiger partial charge in [0.25, 0.3) is 0 Å². The number of hydrogen-bond donors (Lipinski definition) is 2. The summed E-state index contributed by atoms with van der Waals surface area (Å²) >= 11 is 0. The molecule has 0 aliphatic carbocycles. The fraction of sp³-hybridized carbons (Fsp3) is 0.500. The molecule has 0 spiro atoms. The highest BCUT2D eigenvalue weighted by Gasteiger charge is 2.11. The molecule has 0 bridgehead atoms. The third-order valence-corrected chi connectivity index (χ3v) is 2.75. The standard InChI is InChI=1S/C12H18N2O2/c1-3-9(4-2)8-14-11-10(12(15)16)6-5-7-13-11/h5-7,9H,3-4,8H2,1-2H3,(H,13,14)(H,15,16). The first-order valence-corrected chi connectivity index (χ1v) is 5.61. The highest BCUT2D eigenvalue weighted by Crippen LogP contribution is 2.14. The third-order valence-electron chi connectivity index (χ3n) is 2.75. The van der Waals surface area contributed by atoms with Crippen LogP contribution in [0.15, 0.2) is 18.3 Å². The minimum absolute atomic E-state index is 0.230. The van der Waals surface area contributed by atoms with Gasteiger partial charge in [-0.1, -0.05) is 26.7 Å². The van der Waals surface area contributed by atoms with Gasteiger partial charge in [0.05, 0.1) is 0 Å². The number of carbonyl (C=O) groups is 1. The van der Waals surface area contributed by atoms with Crippen molar-refractivity contribution in [3.05, 3.63) is 23.9 Å². The van der Waals surface area contributed by atoms with Gasteiger partial charge in [-0.05, 0) is 18.1 Å². The molecule has 0 atom stereocenters. The van der Waals surface area contributed by atoms with E-state index in [1.54, 1.807) is 18.3 Å². The average molecular weight is 222 g/mol. The number of aromatic nitrogens is 1. The fourth-order valence-electron chi connectivity index (χ4n) is 1.54. The van der Waals surface area contributed by atoms with Crippen LogP contribution in [0.3, 0.4) is 0 Å². The van der Waals surface area contributed by atoms with Gasteiger partial charge in [0.2, 0.25) is 0 Å². The van der Waals surface area contributed by atoms with Gasteiger partial charge in [-0.15, -0.1) is 0 Å². The Bertz CT molecular complexity index is 349. The molecule has 1 aromatic rings. The summed E-state index contributed by atoms with van der Waals surface area (Å²) in [6.07, 6.45) is 3.76. The molecule has 0 saturated carbocycles. The molecule has 0 aliphatic heterocycles. The molecule has 0 aromatic carbocycles. The zero-order valence-electron chi connectivity index (χ0n) is 9.73. The van der Waals surface area contributed by atoms with E-state index in [4.69, 9.17) is 5.11 Å². The number of nitrogens with zero attached hydrogens (tertiary/aromatic N) is 1. The number of carboxylic acid groups (broad SMARTS) is 1. The van der Waals surface area contributed by atoms with Gasteiger partial charge in [-0.25, -0.2) is 9.78 Å². The molecule has 88 valence electrons. The Hall–Kier alpha value is -1.58. The minimum Gasteiger partial charge on any atom is -0.478 e. The molecular formula is C12H18N2O2. The predicted molar refractivity (Wildman–Crippen MR) is 63.8 cm³/mol. The quantitative estimate of drug-likeness (QED) is 0.776. The van der Waals surface area contributed by atoms with Crippen LogP contribution in [0.25, 0.3) is 0 Å². The number of aromatic carboxylic acids is 1. The van der Waals surface area contributed by atoms with E-state index in [-0.39, 0.29) is 5.56 Å². The Kier molecular flexibility index (Phi) is 4.76. The second-order valence-electron chi connectivity index (χ2n) is 3.77. The van der Waals surface area contributed by atoms with Crippen molar-refractivity contribution in [3.63, 3.8) is 0 Å². The van der Waals surface area contributed by atoms with Gasteiger partial charge in [-0.2, -0.15) is 0 Å². The van der Waals surface area contributed by atoms with Crippen molar-refractivity contribution in [3.8, 4) is 0 Å². The highest BCUT2D eigenvalue weighted by molar-refractivity contribution is 5.92. The lowest BCUT2D eigenvalue weighted by Gasteiger charge is -2.14. The van der Waals surface area contributed by atoms with E-state index >= 15 is 0 Å². The van der Waals surface area contributed by atoms with E-state index in [0.29, 0.717) is 11.7 Å². The van der Waals surface area contributed by atoms with Crippen LogP contribution in [0.1, 0.15) is 37.0 Å². The van der Waals surface area contributed by atoms with Crippen LogP contribution in [-0.2, 0) is 0 Å². The van der Waals surface area contributed by atoms with Gasteiger partial charge in [0.1, 0.15) is 11.4 Å². The van der Waals surface area contributed by atoms with E-state index in [9.17, 15) is 4.79 Å². The topological polar surface area (TPSA) is 62.2 Å². The molecule has 0 unspecified atom stereocenters. The van der Waals surface area contributed by atoms with E-state index in [0.717, 1.165) is 19.4 Å². The average Bonchev–Trinajstić information content (AvgIpc) is 2.30. The van der Waals surface area contributed by atoms with Crippen LogP contribution in [-0.4, -0.2) is 22.6 Å². The molecule has 0 saturated heterocycles. The van der Waals surface area contributed by atoms with Crippen LogP contribution in [0.2, 0.25) is 0 Å². The molecule has 0 fully saturated rings. The first-order chi connectivity index (χ1) is 7.69. The molecule has 0 aliphatic rings. The molecule has 1 rings (SSSR count). The zero-order chi connectivity index (χ0) is 12.0. The van der Waals surface area contributed by atoms with Crippen LogP contribution in [0.5, 0.6) is 0 Å². The Balaban J connectivity index is 2.69. The van der Waals surface area contributed by atoms with Crippen molar-refractivity contribution >= 4 is 11.8 Å². The summed E-state index contributed by atoms with van der Waals surface area (Å²) in [4.78, 5) is 15.0. The number of rotatable bonds is 6. The number of carboxylic acids is 1. The molecule has 16 heavy (non-hydrogen) atoms. The largest absolute Gasteiger partial charge is 0.478 e. The first kappa shape index (κ1) is 12.5. The summed E-state index contributed by atoms with van der Waals surface area (Å²) in [7, 11) is 0. The lowest BCUT2D eigenvalue weighted by molar-refractivity contribution is 0.0697. The van der Waals surface area contributed by atoms with Crippen molar-refractivity contribution in [1.29, 1.82) is 0 Å². The number of anilines is 1. The maximum absolute atomic E-state index is 10.9. The molecule has 4 heteroatoms. The monoisotopic (exact) mass is 222 g/mol. The Morgan fingerprint density at radius 2 is 2.19 bits per heavy atom. The molecule has 4 nitrogen and oxygen atoms in total. The number of nitrogens with one attached hydrogen (secondary N) is 1. The molecule has 1 aromatic heterocycles. The molecular weight excluding hydrogens is 204 g/mol. The van der Waals surface area contributed by atoms with Crippen molar-refractivity contribution < 1.29 is 9.90 Å². The summed E-state index contributed by atoms with van der Waals surface area (Å²) in [6.45, 7) is 5.03. The Labute approximate surface area is 95.7 Å². The highest BCUT2D eigenvalue weighted by atomic mass is 16.4. The first-order valence-electron chi connectivity index (χ1n) is 5.61. The normalized spacial score (nSPS) is 10.4. The summed E-state index contributed by atoms with van der Waals surface area (Å²) < 4.78 is 0. The molecule has 1 heterocycles. The van der Waals surface area contributed by atoms with Gasteiger partial charge in [0.15, 0.2) is 0 Å². The van der Waals surface area contributed by atoms with E-state index in [1.165, 1.54) is 0 Å². The van der Waals surface area contributed by atoms with Crippen molar-refractivity contribution in [1.82, 2.24) is 4.98 Å². The third kappa shape index (κ3) is 3.22. The van der Waals surface area contributed by atoms with Crippen LogP contribution < -0.4 is 5.32 Å². The maximum atomic E-state index is 10.9. The Morgan fingerprint density at radius 3 is 2.75 bits per heavy atom. The number of pyridine rings is 1. The lowest BCUT2D eigenvalue weighted by atomic mass is 10.0. The Morgan fingerprint density at radius 1 is 1.50 bits per heavy atom. The second kappa shape index (κ2) is 6.10. The summed E-state index contributed by atoms with van der Waals surface area (Å²) in [5, 5.41) is 12.1. The van der Waals surface area contributed by atoms with Crippen LogP contribution in [0.4, 0.5) is 5.82 Å². The van der Waals surface area contributed by atoms with Gasteiger partial charge >= 0.3 is 5.97 Å². The minimum atomic E-state index is -0.944. The SMILES string of the molecule is CCC(CC)CNc1ncccc1C(=O)O. The molecule has 2 N–H and O–H groups in total. The van der Waals surface area contributed by atoms with Gasteiger partial charge in [0, 0.05) is 12.7 Å². The van der Waals surface area contributed by atoms with Gasteiger partial charge < -0.3 is 10.4 Å². The van der Waals surface area contributed by atoms with Crippen molar-refractivity contribution in [2.45, 2.75) is 26.7 Å². The van der Waals surface area contributed by atoms with Crippen LogP contribution in [0, 0.1) is 5.92 Å². The fourth-order valence-corrected chi connectivity index (χ4v) is 1.54.